The first-order valence-corrected chi connectivity index (χ1v) is 29.0. The number of fused-ring (bicyclic) bond motifs is 3. The molecular formula is C46H52N8O14S4. The van der Waals surface area contributed by atoms with Gasteiger partial charge in [-0.2, -0.15) is 8.42 Å². The van der Waals surface area contributed by atoms with Crippen molar-refractivity contribution in [1.29, 1.82) is 0 Å². The number of carbonyl (C=O) groups excluding carboxylic acids is 1. The van der Waals surface area contributed by atoms with Crippen molar-refractivity contribution in [3.63, 3.8) is 0 Å². The lowest BCUT2D eigenvalue weighted by molar-refractivity contribution is 0.0520. The number of benzene rings is 2. The predicted octanol–water partition coefficient (Wildman–Crippen LogP) is 4.09. The first kappa shape index (κ1) is 52.8. The second kappa shape index (κ2) is 20.6. The molecule has 0 radical (unpaired) electrons. The van der Waals surface area contributed by atoms with Crippen molar-refractivity contribution in [2.75, 3.05) is 39.6 Å². The normalized spacial score (nSPS) is 15.1. The minimum absolute atomic E-state index is 0.0402. The lowest BCUT2D eigenvalue weighted by Crippen LogP contribution is -2.31. The fraction of sp³-hybridized carbons (Fsp3) is 0.304. The van der Waals surface area contributed by atoms with Crippen LogP contribution < -0.4 is 36.8 Å². The van der Waals surface area contributed by atoms with Gasteiger partial charge in [-0.15, -0.1) is 4.40 Å². The maximum atomic E-state index is 13.3. The Bertz CT molecular complexity index is 3760. The summed E-state index contributed by atoms with van der Waals surface area (Å²) in [6.07, 6.45) is 12.8. The Morgan fingerprint density at radius 2 is 1.29 bits per heavy atom. The first-order valence-electron chi connectivity index (χ1n) is 22.3. The molecule has 0 saturated heterocycles. The van der Waals surface area contributed by atoms with Gasteiger partial charge in [-0.3, -0.25) is 27.8 Å². The number of nitrogens with zero attached hydrogens (tertiary/aromatic N) is 3. The summed E-state index contributed by atoms with van der Waals surface area (Å²) in [4.78, 5) is 37.2. The maximum absolute atomic E-state index is 13.3. The number of nitrogens with one attached hydrogen (secondary N) is 3. The fourth-order valence-electron chi connectivity index (χ4n) is 7.93. The van der Waals surface area contributed by atoms with Crippen molar-refractivity contribution in [1.82, 2.24) is 8.80 Å². The second-order valence-electron chi connectivity index (χ2n) is 17.4. The van der Waals surface area contributed by atoms with Crippen LogP contribution in [-0.4, -0.2) is 83.6 Å². The van der Waals surface area contributed by atoms with Crippen LogP contribution in [0.4, 0.5) is 22.7 Å². The molecule has 6 aromatic rings. The third-order valence-electron chi connectivity index (χ3n) is 11.6. The summed E-state index contributed by atoms with van der Waals surface area (Å²) < 4.78 is 109. The molecule has 0 atom stereocenters. The molecule has 3 aliphatic rings. The number of anilines is 4. The quantitative estimate of drug-likeness (QED) is 0.0596. The van der Waals surface area contributed by atoms with E-state index in [1.807, 2.05) is 6.07 Å². The highest BCUT2D eigenvalue weighted by Crippen LogP contribution is 2.38. The van der Waals surface area contributed by atoms with E-state index in [0.717, 1.165) is 50.3 Å². The smallest absolute Gasteiger partial charge is 0.347 e. The van der Waals surface area contributed by atoms with Gasteiger partial charge in [-0.1, -0.05) is 37.8 Å². The van der Waals surface area contributed by atoms with Gasteiger partial charge in [0.05, 0.1) is 41.5 Å². The van der Waals surface area contributed by atoms with E-state index in [2.05, 4.69) is 19.2 Å². The molecule has 384 valence electrons. The third kappa shape index (κ3) is 12.5. The number of sulfonamides is 4. The van der Waals surface area contributed by atoms with Crippen LogP contribution in [0.5, 0.6) is 11.5 Å². The minimum Gasteiger partial charge on any atom is -0.507 e. The highest BCUT2D eigenvalue weighted by atomic mass is 32.2. The van der Waals surface area contributed by atoms with Crippen LogP contribution in [0.15, 0.2) is 109 Å². The van der Waals surface area contributed by atoms with Gasteiger partial charge in [-0.05, 0) is 105 Å². The summed E-state index contributed by atoms with van der Waals surface area (Å²) in [5.74, 6) is -0.292. The molecule has 5 heterocycles. The molecule has 2 aliphatic carbocycles. The van der Waals surface area contributed by atoms with Gasteiger partial charge in [-0.25, -0.2) is 35.2 Å². The van der Waals surface area contributed by atoms with Crippen molar-refractivity contribution in [3.8, 4) is 11.5 Å². The van der Waals surface area contributed by atoms with Crippen molar-refractivity contribution in [2.24, 2.45) is 21.4 Å². The van der Waals surface area contributed by atoms with E-state index in [9.17, 15) is 58.3 Å². The van der Waals surface area contributed by atoms with Crippen LogP contribution in [0.25, 0.3) is 11.0 Å². The number of aromatic hydroxyl groups is 2. The number of aromatic nitrogens is 2. The predicted molar refractivity (Wildman–Crippen MR) is 272 cm³/mol. The van der Waals surface area contributed by atoms with Crippen LogP contribution in [0, 0.1) is 11.8 Å². The molecule has 9 rings (SSSR count). The number of nitrogens with two attached hydrogens (primary N) is 2. The number of esters is 1. The summed E-state index contributed by atoms with van der Waals surface area (Å²) in [5.41, 5.74) is 6.38. The van der Waals surface area contributed by atoms with Gasteiger partial charge in [0.1, 0.15) is 26.9 Å². The third-order valence-corrected chi connectivity index (χ3v) is 15.1. The molecule has 0 bridgehead atoms. The van der Waals surface area contributed by atoms with Crippen molar-refractivity contribution in [2.45, 2.75) is 68.1 Å². The number of carbonyl (C=O) groups is 1. The van der Waals surface area contributed by atoms with Crippen LogP contribution in [0.2, 0.25) is 0 Å². The summed E-state index contributed by atoms with van der Waals surface area (Å²) in [6, 6.07) is 18.1. The Morgan fingerprint density at radius 3 is 1.81 bits per heavy atom. The van der Waals surface area contributed by atoms with Gasteiger partial charge >= 0.3 is 5.97 Å². The molecule has 4 aromatic heterocycles. The van der Waals surface area contributed by atoms with E-state index in [0.29, 0.717) is 46.8 Å². The Balaban J connectivity index is 0.000000172. The zero-order valence-corrected chi connectivity index (χ0v) is 42.3. The zero-order valence-electron chi connectivity index (χ0n) is 39.0. The van der Waals surface area contributed by atoms with Crippen molar-refractivity contribution >= 4 is 85.7 Å². The van der Waals surface area contributed by atoms with E-state index in [1.165, 1.54) is 45.9 Å². The average molecular weight is 1070 g/mol. The number of ether oxygens (including phenoxy) is 1. The topological polar surface area (TPSA) is 347 Å². The molecule has 1 aliphatic heterocycles. The summed E-state index contributed by atoms with van der Waals surface area (Å²) in [7, 11) is -15.4. The lowest BCUT2D eigenvalue weighted by atomic mass is 10.0. The standard InChI is InChI=1S/C22H22N4O6S2.C17H19NO4.C7H11N3O4S2/c1-33(29,30)24-14-8-10-16-18(12-14)34(31,32)25-21(23-16)19-20(27)15(9-7-13-5-6-13)17-4-2-3-11-26(17)22(19)28;1-2-22-17(21)14-15(19)12(9-8-11-6-7-11)13-5-3-4-10-18(13)16(14)20;1-15(11,12)10-5-2-3-6(8)7(4-5)16(9,13)14/h2-4,8,10-13,24,27H,5-7,9H2,1H3,(H,23,25);3-5,10-11,19H,2,6-9H2,1H3;2-4,10H,8H2,1H3,(H2,9,13,14). The maximum Gasteiger partial charge on any atom is 0.347 e. The summed E-state index contributed by atoms with van der Waals surface area (Å²) >= 11 is 0. The first-order chi connectivity index (χ1) is 33.8. The number of hydrogen-bond acceptors (Lipinski definition) is 16. The number of hydrogen-bond donors (Lipinski definition) is 7. The highest BCUT2D eigenvalue weighted by Gasteiger charge is 2.32. The number of nitrogen functional groups attached to an aromatic ring is 1. The van der Waals surface area contributed by atoms with E-state index < -0.39 is 57.2 Å². The number of aryl methyl sites for hydroxylation is 2. The van der Waals surface area contributed by atoms with Crippen molar-refractivity contribution < 1.29 is 53.4 Å². The number of pyridine rings is 4. The Morgan fingerprint density at radius 1 is 0.778 bits per heavy atom. The Labute approximate surface area is 414 Å². The molecular weight excluding hydrogens is 1020 g/mol. The number of amidine groups is 1. The summed E-state index contributed by atoms with van der Waals surface area (Å²) in [5, 5.41) is 29.4. The zero-order chi connectivity index (χ0) is 52.5. The van der Waals surface area contributed by atoms with Crippen LogP contribution in [-0.2, 0) is 57.7 Å². The molecule has 72 heavy (non-hydrogen) atoms. The average Bonchev–Trinajstić information content (AvgIpc) is 4.24. The molecule has 9 N–H and O–H groups in total. The van der Waals surface area contributed by atoms with Gasteiger partial charge < -0.3 is 26.0 Å². The Hall–Kier alpha value is -7.00. The van der Waals surface area contributed by atoms with Crippen LogP contribution in [0.3, 0.4) is 0 Å². The van der Waals surface area contributed by atoms with Gasteiger partial charge in [0.25, 0.3) is 21.1 Å². The second-order valence-corrected chi connectivity index (χ2v) is 24.0. The van der Waals surface area contributed by atoms with E-state index in [4.69, 9.17) is 15.6 Å². The van der Waals surface area contributed by atoms with Crippen LogP contribution in [0.1, 0.15) is 72.5 Å². The van der Waals surface area contributed by atoms with Crippen LogP contribution >= 0.6 is 0 Å². The molecule has 0 amide bonds. The van der Waals surface area contributed by atoms with Gasteiger partial charge in [0, 0.05) is 34.9 Å². The SMILES string of the molecule is CCOC(=O)c1c(O)c(CCC2CC2)c2ccccn2c1=O.CS(=O)(=O)Nc1ccc(N)c(S(N)(=O)=O)c1.CS(=O)(=O)Nc1ccc2c(c1)S(=O)(=O)N=C(c1c(O)c(CCC3CC3)c3ccccn3c1=O)N2. The molecule has 2 saturated carbocycles. The van der Waals surface area contributed by atoms with E-state index >= 15 is 0 Å². The molecule has 2 fully saturated rings. The van der Waals surface area contributed by atoms with Gasteiger partial charge in [0.15, 0.2) is 11.4 Å². The highest BCUT2D eigenvalue weighted by molar-refractivity contribution is 7.92. The van der Waals surface area contributed by atoms with Crippen molar-refractivity contribution in [3.05, 3.63) is 128 Å². The number of rotatable bonds is 14. The van der Waals surface area contributed by atoms with E-state index in [-0.39, 0.29) is 67.6 Å². The Kier molecular flexibility index (Phi) is 15.1. The molecule has 26 heteroatoms. The summed E-state index contributed by atoms with van der Waals surface area (Å²) in [6.45, 7) is 1.83. The minimum atomic E-state index is -4.30. The van der Waals surface area contributed by atoms with Gasteiger partial charge in [0.2, 0.25) is 30.1 Å². The van der Waals surface area contributed by atoms with E-state index in [1.54, 1.807) is 49.6 Å². The molecule has 2 aromatic carbocycles. The lowest BCUT2D eigenvalue weighted by Gasteiger charge is -2.21. The molecule has 22 nitrogen and oxygen atoms in total. The molecule has 0 unspecified atom stereocenters. The number of primary sulfonamides is 1. The largest absolute Gasteiger partial charge is 0.507 e. The molecule has 0 spiro atoms. The fourth-order valence-corrected chi connectivity index (χ4v) is 10.9. The monoisotopic (exact) mass is 1070 g/mol.